The molecule has 0 atom stereocenters. The van der Waals surface area contributed by atoms with Gasteiger partial charge in [-0.3, -0.25) is 0 Å². The van der Waals surface area contributed by atoms with E-state index in [0.29, 0.717) is 6.92 Å². The Labute approximate surface area is 90.2 Å². The lowest BCUT2D eigenvalue weighted by atomic mass is 9.43. The van der Waals surface area contributed by atoms with Crippen LogP contribution in [0, 0.1) is 0 Å². The summed E-state index contributed by atoms with van der Waals surface area (Å²) in [6.45, 7) is 16.3. The zero-order chi connectivity index (χ0) is 11.1. The van der Waals surface area contributed by atoms with Crippen molar-refractivity contribution in [2.45, 2.75) is 59.4 Å². The molecule has 0 amide bonds. The van der Waals surface area contributed by atoms with Crippen LogP contribution in [-0.4, -0.2) is 15.2 Å². The summed E-state index contributed by atoms with van der Waals surface area (Å²) in [5, 5.41) is 1.81. The van der Waals surface area contributed by atoms with Crippen molar-refractivity contribution in [1.82, 2.24) is 0 Å². The van der Waals surface area contributed by atoms with Gasteiger partial charge in [-0.05, 0) is 31.8 Å². The quantitative estimate of drug-likeness (QED) is 0.598. The highest BCUT2D eigenvalue weighted by Crippen LogP contribution is 2.42. The molecule has 14 heavy (non-hydrogen) atoms. The van der Waals surface area contributed by atoms with E-state index in [0.717, 1.165) is 6.42 Å². The van der Waals surface area contributed by atoms with Crippen LogP contribution < -0.4 is 0 Å². The van der Waals surface area contributed by atoms with Crippen LogP contribution in [0.1, 0.15) is 41.0 Å². The maximum absolute atomic E-state index is 6.29. The molecule has 0 bridgehead atoms. The van der Waals surface area contributed by atoms with Gasteiger partial charge in [-0.15, -0.1) is 0 Å². The minimum absolute atomic E-state index is 0.243. The Morgan fingerprint density at radius 3 is 2.07 bits per heavy atom. The maximum atomic E-state index is 6.29. The van der Waals surface area contributed by atoms with Crippen LogP contribution >= 0.6 is 0 Å². The first kappa shape index (κ1) is 12.1. The zero-order valence-electron chi connectivity index (χ0n) is 10.7. The summed E-state index contributed by atoms with van der Waals surface area (Å²) in [7, 11) is -1.52. The summed E-state index contributed by atoms with van der Waals surface area (Å²) >= 11 is 0. The summed E-state index contributed by atoms with van der Waals surface area (Å²) in [5.74, 6) is 0. The van der Waals surface area contributed by atoms with Gasteiger partial charge in [-0.25, -0.2) is 0 Å². The van der Waals surface area contributed by atoms with E-state index in [-0.39, 0.29) is 5.31 Å². The highest BCUT2D eigenvalue weighted by molar-refractivity contribution is 6.91. The van der Waals surface area contributed by atoms with Crippen LogP contribution in [0.2, 0.25) is 18.4 Å². The van der Waals surface area contributed by atoms with Gasteiger partial charge >= 0.3 is 6.92 Å². The fourth-order valence-electron chi connectivity index (χ4n) is 2.19. The van der Waals surface area contributed by atoms with Gasteiger partial charge < -0.3 is 4.34 Å². The molecule has 0 spiro atoms. The minimum Gasteiger partial charge on any atom is -0.470 e. The van der Waals surface area contributed by atoms with E-state index in [4.69, 9.17) is 4.34 Å². The van der Waals surface area contributed by atoms with Crippen molar-refractivity contribution < 1.29 is 4.34 Å². The first-order valence-electron chi connectivity index (χ1n) is 5.58. The highest BCUT2D eigenvalue weighted by Gasteiger charge is 2.46. The summed E-state index contributed by atoms with van der Waals surface area (Å²) in [6, 6.07) is 0. The largest absolute Gasteiger partial charge is 0.470 e. The number of hydrogen-bond donors (Lipinski definition) is 0. The average Bonchev–Trinajstić information content (AvgIpc) is 2.23. The van der Waals surface area contributed by atoms with E-state index in [1.54, 1.807) is 10.7 Å². The molecule has 1 nitrogen and oxygen atoms in total. The average molecular weight is 210 g/mol. The summed E-state index contributed by atoms with van der Waals surface area (Å²) in [6.07, 6.45) is 1.14. The van der Waals surface area contributed by atoms with Gasteiger partial charge in [0.15, 0.2) is 8.32 Å². The summed E-state index contributed by atoms with van der Waals surface area (Å²) in [5.41, 5.74) is 1.56. The molecule has 0 aromatic carbocycles. The van der Waals surface area contributed by atoms with Crippen molar-refractivity contribution in [2.75, 3.05) is 0 Å². The van der Waals surface area contributed by atoms with Crippen molar-refractivity contribution >= 4 is 15.2 Å². The molecule has 1 aliphatic heterocycles. The Balaban J connectivity index is 3.07. The standard InChI is InChI=1S/C11H23BOSi/c1-8-10-9(2)14(6,7)13-12(10)11(3,4)5/h8H2,1-7H3. The smallest absolute Gasteiger partial charge is 0.317 e. The molecule has 0 aromatic heterocycles. The third-order valence-corrected chi connectivity index (χ3v) is 6.23. The molecule has 0 saturated carbocycles. The van der Waals surface area contributed by atoms with Gasteiger partial charge in [0.1, 0.15) is 0 Å². The van der Waals surface area contributed by atoms with Gasteiger partial charge in [0, 0.05) is 0 Å². The molecular formula is C11H23BOSi. The predicted octanol–water partition coefficient (Wildman–Crippen LogP) is 3.82. The van der Waals surface area contributed by atoms with E-state index < -0.39 is 8.32 Å². The van der Waals surface area contributed by atoms with Gasteiger partial charge in [0.05, 0.1) is 0 Å². The van der Waals surface area contributed by atoms with Crippen LogP contribution in [0.3, 0.4) is 0 Å². The minimum atomic E-state index is -1.52. The van der Waals surface area contributed by atoms with Crippen molar-refractivity contribution in [3.8, 4) is 0 Å². The molecule has 0 fully saturated rings. The molecule has 1 aliphatic rings. The Morgan fingerprint density at radius 1 is 1.29 bits per heavy atom. The molecule has 0 aromatic rings. The molecule has 0 N–H and O–H groups in total. The normalized spacial score (nSPS) is 22.1. The zero-order valence-corrected chi connectivity index (χ0v) is 11.7. The van der Waals surface area contributed by atoms with Crippen molar-refractivity contribution in [1.29, 1.82) is 0 Å². The van der Waals surface area contributed by atoms with Crippen LogP contribution in [0.15, 0.2) is 10.7 Å². The topological polar surface area (TPSA) is 9.23 Å². The lowest BCUT2D eigenvalue weighted by Gasteiger charge is -2.28. The Morgan fingerprint density at radius 2 is 1.79 bits per heavy atom. The third kappa shape index (κ3) is 1.98. The molecule has 80 valence electrons. The second-order valence-electron chi connectivity index (χ2n) is 5.88. The molecule has 0 saturated heterocycles. The number of rotatable bonds is 1. The van der Waals surface area contributed by atoms with Crippen LogP contribution in [0.5, 0.6) is 0 Å². The van der Waals surface area contributed by atoms with Crippen LogP contribution in [0.25, 0.3) is 0 Å². The third-order valence-electron chi connectivity index (χ3n) is 3.28. The van der Waals surface area contributed by atoms with E-state index in [2.05, 4.69) is 47.7 Å². The lowest BCUT2D eigenvalue weighted by Crippen LogP contribution is -2.36. The second-order valence-corrected chi connectivity index (χ2v) is 9.88. The van der Waals surface area contributed by atoms with E-state index >= 15 is 0 Å². The fraction of sp³-hybridized carbons (Fsp3) is 0.818. The van der Waals surface area contributed by atoms with Gasteiger partial charge in [-0.1, -0.05) is 38.4 Å². The van der Waals surface area contributed by atoms with Crippen LogP contribution in [0.4, 0.5) is 0 Å². The maximum Gasteiger partial charge on any atom is 0.317 e. The Hall–Kier alpha value is -0.0182. The van der Waals surface area contributed by atoms with E-state index in [1.807, 2.05) is 0 Å². The molecule has 0 unspecified atom stereocenters. The fourth-order valence-corrected chi connectivity index (χ4v) is 4.53. The lowest BCUT2D eigenvalue weighted by molar-refractivity contribution is 0.533. The first-order chi connectivity index (χ1) is 6.20. The molecule has 0 aliphatic carbocycles. The van der Waals surface area contributed by atoms with E-state index in [9.17, 15) is 0 Å². The Kier molecular flexibility index (Phi) is 3.04. The monoisotopic (exact) mass is 210 g/mol. The number of hydrogen-bond acceptors (Lipinski definition) is 1. The van der Waals surface area contributed by atoms with E-state index in [1.165, 1.54) is 0 Å². The molecule has 0 radical (unpaired) electrons. The summed E-state index contributed by atoms with van der Waals surface area (Å²) in [4.78, 5) is 0. The SMILES string of the molecule is CCC1=C(C)[Si](C)(C)OB1C(C)(C)C. The van der Waals surface area contributed by atoms with Crippen molar-refractivity contribution in [3.05, 3.63) is 10.7 Å². The molecule has 1 heterocycles. The van der Waals surface area contributed by atoms with Crippen LogP contribution in [-0.2, 0) is 4.34 Å². The Bertz CT molecular complexity index is 263. The summed E-state index contributed by atoms with van der Waals surface area (Å²) < 4.78 is 6.29. The van der Waals surface area contributed by atoms with Gasteiger partial charge in [-0.2, -0.15) is 0 Å². The first-order valence-corrected chi connectivity index (χ1v) is 8.49. The van der Waals surface area contributed by atoms with Gasteiger partial charge in [0.25, 0.3) is 0 Å². The second kappa shape index (κ2) is 3.53. The predicted molar refractivity (Wildman–Crippen MR) is 67.0 cm³/mol. The molecular weight excluding hydrogens is 187 g/mol. The molecule has 1 rings (SSSR count). The highest BCUT2D eigenvalue weighted by atomic mass is 28.4. The van der Waals surface area contributed by atoms with Crippen molar-refractivity contribution in [3.63, 3.8) is 0 Å². The molecule has 3 heteroatoms. The van der Waals surface area contributed by atoms with Crippen molar-refractivity contribution in [2.24, 2.45) is 0 Å². The van der Waals surface area contributed by atoms with Gasteiger partial charge in [0.2, 0.25) is 0 Å². The number of allylic oxidation sites excluding steroid dienone is 2.